The fourth-order valence-electron chi connectivity index (χ4n) is 3.38. The van der Waals surface area contributed by atoms with Gasteiger partial charge >= 0.3 is 5.97 Å². The van der Waals surface area contributed by atoms with Gasteiger partial charge in [-0.05, 0) is 24.9 Å². The van der Waals surface area contributed by atoms with E-state index in [1.807, 2.05) is 0 Å². The Bertz CT molecular complexity index is 741. The number of benzene rings is 1. The summed E-state index contributed by atoms with van der Waals surface area (Å²) in [5, 5.41) is 57.0. The Kier molecular flexibility index (Phi) is 9.34. The number of carboxylic acids is 1. The third-order valence-electron chi connectivity index (χ3n) is 5.15. The Morgan fingerprint density at radius 1 is 1.06 bits per heavy atom. The van der Waals surface area contributed by atoms with E-state index in [1.165, 1.54) is 0 Å². The van der Waals surface area contributed by atoms with Crippen LogP contribution >= 0.6 is 0 Å². The summed E-state index contributed by atoms with van der Waals surface area (Å²) in [6.07, 6.45) is -5.13. The first-order valence-corrected chi connectivity index (χ1v) is 10.0. The van der Waals surface area contributed by atoms with Crippen LogP contribution in [0.2, 0.25) is 0 Å². The number of carbonyl (C=O) groups excluding carboxylic acids is 2. The Balaban J connectivity index is 2.01. The predicted molar refractivity (Wildman–Crippen MR) is 108 cm³/mol. The van der Waals surface area contributed by atoms with Crippen LogP contribution in [0.25, 0.3) is 0 Å². The van der Waals surface area contributed by atoms with Crippen molar-refractivity contribution in [1.29, 1.82) is 0 Å². The Labute approximate surface area is 179 Å². The summed E-state index contributed by atoms with van der Waals surface area (Å²) in [7, 11) is 0. The average molecular weight is 439 g/mol. The standard InChI is InChI=1S/C20H29N3O8/c24-10-14(23-19(30)12-7-4-8-21-12)16(27)17(28)18(29)20(31)22-13(9-15(25)26)11-5-2-1-3-6-11/h1-3,5-6,12-14,16-18,21,24,27-29H,4,7-10H2,(H,22,31)(H,23,30)(H,25,26)/t12-,13-,14-,16+,17+,18-/m0/s1. The Hall–Kier alpha value is -2.57. The molecule has 0 aliphatic carbocycles. The molecule has 1 saturated heterocycles. The molecule has 8 N–H and O–H groups in total. The van der Waals surface area contributed by atoms with Gasteiger partial charge in [0.05, 0.1) is 31.2 Å². The zero-order valence-corrected chi connectivity index (χ0v) is 16.8. The molecule has 1 aromatic carbocycles. The first-order valence-electron chi connectivity index (χ1n) is 10.0. The molecule has 6 atom stereocenters. The van der Waals surface area contributed by atoms with Crippen LogP contribution in [0.4, 0.5) is 0 Å². The van der Waals surface area contributed by atoms with Crippen molar-refractivity contribution in [2.75, 3.05) is 13.2 Å². The maximum atomic E-state index is 12.4. The molecule has 31 heavy (non-hydrogen) atoms. The normalized spacial score (nSPS) is 20.8. The largest absolute Gasteiger partial charge is 0.481 e. The summed E-state index contributed by atoms with van der Waals surface area (Å²) >= 11 is 0. The van der Waals surface area contributed by atoms with Gasteiger partial charge in [-0.15, -0.1) is 0 Å². The zero-order chi connectivity index (χ0) is 23.0. The molecule has 11 heteroatoms. The molecule has 172 valence electrons. The monoisotopic (exact) mass is 439 g/mol. The third-order valence-corrected chi connectivity index (χ3v) is 5.15. The fourth-order valence-corrected chi connectivity index (χ4v) is 3.38. The van der Waals surface area contributed by atoms with Gasteiger partial charge in [-0.25, -0.2) is 0 Å². The van der Waals surface area contributed by atoms with Gasteiger partial charge < -0.3 is 41.5 Å². The quantitative estimate of drug-likeness (QED) is 0.186. The number of hydrogen-bond donors (Lipinski definition) is 8. The van der Waals surface area contributed by atoms with Crippen molar-refractivity contribution in [3.8, 4) is 0 Å². The first-order chi connectivity index (χ1) is 14.7. The number of aliphatic hydroxyl groups excluding tert-OH is 4. The van der Waals surface area contributed by atoms with E-state index in [4.69, 9.17) is 5.11 Å². The highest BCUT2D eigenvalue weighted by Gasteiger charge is 2.37. The van der Waals surface area contributed by atoms with Crippen molar-refractivity contribution in [3.05, 3.63) is 35.9 Å². The van der Waals surface area contributed by atoms with Crippen LogP contribution in [0, 0.1) is 0 Å². The molecule has 0 bridgehead atoms. The summed E-state index contributed by atoms with van der Waals surface area (Å²) in [6, 6.07) is 5.41. The van der Waals surface area contributed by atoms with Gasteiger partial charge in [0.1, 0.15) is 12.2 Å². The van der Waals surface area contributed by atoms with Crippen molar-refractivity contribution in [2.24, 2.45) is 0 Å². The third kappa shape index (κ3) is 6.97. The Morgan fingerprint density at radius 2 is 1.74 bits per heavy atom. The van der Waals surface area contributed by atoms with Crippen molar-refractivity contribution in [2.45, 2.75) is 55.7 Å². The lowest BCUT2D eigenvalue weighted by molar-refractivity contribution is -0.145. The van der Waals surface area contributed by atoms with Gasteiger partial charge in [0, 0.05) is 0 Å². The second-order valence-corrected chi connectivity index (χ2v) is 7.44. The predicted octanol–water partition coefficient (Wildman–Crippen LogP) is -2.37. The summed E-state index contributed by atoms with van der Waals surface area (Å²) in [4.78, 5) is 35.7. The highest BCUT2D eigenvalue weighted by molar-refractivity contribution is 5.83. The molecule has 0 aromatic heterocycles. The van der Waals surface area contributed by atoms with Crippen molar-refractivity contribution < 1.29 is 39.9 Å². The van der Waals surface area contributed by atoms with E-state index in [1.54, 1.807) is 30.3 Å². The molecule has 2 rings (SSSR count). The van der Waals surface area contributed by atoms with Crippen LogP contribution in [-0.4, -0.2) is 86.9 Å². The van der Waals surface area contributed by atoms with Gasteiger partial charge in [-0.3, -0.25) is 14.4 Å². The lowest BCUT2D eigenvalue weighted by Crippen LogP contribution is -2.58. The molecule has 1 aliphatic rings. The lowest BCUT2D eigenvalue weighted by Gasteiger charge is -2.30. The first kappa shape index (κ1) is 24.7. The topological polar surface area (TPSA) is 188 Å². The number of aliphatic carboxylic acids is 1. The maximum absolute atomic E-state index is 12.4. The molecular formula is C20H29N3O8. The molecule has 0 unspecified atom stereocenters. The van der Waals surface area contributed by atoms with Crippen LogP contribution < -0.4 is 16.0 Å². The zero-order valence-electron chi connectivity index (χ0n) is 16.8. The van der Waals surface area contributed by atoms with Gasteiger partial charge in [0.15, 0.2) is 6.10 Å². The minimum atomic E-state index is -2.13. The second-order valence-electron chi connectivity index (χ2n) is 7.44. The number of carbonyl (C=O) groups is 3. The minimum Gasteiger partial charge on any atom is -0.481 e. The number of rotatable bonds is 11. The van der Waals surface area contributed by atoms with Crippen LogP contribution in [0.3, 0.4) is 0 Å². The molecule has 0 radical (unpaired) electrons. The summed E-state index contributed by atoms with van der Waals surface area (Å²) in [5.74, 6) is -2.78. The molecule has 0 spiro atoms. The average Bonchev–Trinajstić information content (AvgIpc) is 3.30. The summed E-state index contributed by atoms with van der Waals surface area (Å²) in [5.41, 5.74) is 0.477. The lowest BCUT2D eigenvalue weighted by atomic mass is 9.99. The maximum Gasteiger partial charge on any atom is 0.305 e. The van der Waals surface area contributed by atoms with E-state index in [2.05, 4.69) is 16.0 Å². The van der Waals surface area contributed by atoms with Gasteiger partial charge in [-0.2, -0.15) is 0 Å². The van der Waals surface area contributed by atoms with Crippen LogP contribution in [0.15, 0.2) is 30.3 Å². The molecule has 1 aliphatic heterocycles. The summed E-state index contributed by atoms with van der Waals surface area (Å²) < 4.78 is 0. The summed E-state index contributed by atoms with van der Waals surface area (Å²) in [6.45, 7) is -0.0818. The highest BCUT2D eigenvalue weighted by atomic mass is 16.4. The molecule has 11 nitrogen and oxygen atoms in total. The minimum absolute atomic E-state index is 0.467. The van der Waals surface area contributed by atoms with Crippen molar-refractivity contribution in [1.82, 2.24) is 16.0 Å². The molecule has 1 heterocycles. The fraction of sp³-hybridized carbons (Fsp3) is 0.550. The highest BCUT2D eigenvalue weighted by Crippen LogP contribution is 2.17. The Morgan fingerprint density at radius 3 is 2.29 bits per heavy atom. The van der Waals surface area contributed by atoms with Gasteiger partial charge in [-0.1, -0.05) is 30.3 Å². The number of hydrogen-bond acceptors (Lipinski definition) is 8. The molecule has 1 aromatic rings. The molecule has 0 saturated carbocycles. The molecule has 2 amide bonds. The van der Waals surface area contributed by atoms with Gasteiger partial charge in [0.2, 0.25) is 5.91 Å². The SMILES string of the molecule is O=C(O)C[C@H](NC(=O)[C@@H](O)[C@H](O)[C@H](O)[C@H](CO)NC(=O)[C@@H]1CCCN1)c1ccccc1. The van der Waals surface area contributed by atoms with Crippen LogP contribution in [0.5, 0.6) is 0 Å². The molecule has 1 fully saturated rings. The number of carboxylic acid groups (broad SMARTS) is 1. The van der Waals surface area contributed by atoms with E-state index in [-0.39, 0.29) is 0 Å². The smallest absolute Gasteiger partial charge is 0.305 e. The van der Waals surface area contributed by atoms with E-state index in [9.17, 15) is 34.8 Å². The van der Waals surface area contributed by atoms with Crippen molar-refractivity contribution >= 4 is 17.8 Å². The van der Waals surface area contributed by atoms with Crippen LogP contribution in [0.1, 0.15) is 30.9 Å². The second kappa shape index (κ2) is 11.7. The van der Waals surface area contributed by atoms with E-state index >= 15 is 0 Å². The number of amides is 2. The van der Waals surface area contributed by atoms with Crippen LogP contribution in [-0.2, 0) is 14.4 Å². The van der Waals surface area contributed by atoms with E-state index in [0.717, 1.165) is 6.42 Å². The van der Waals surface area contributed by atoms with E-state index in [0.29, 0.717) is 18.5 Å². The number of nitrogens with one attached hydrogen (secondary N) is 3. The van der Waals surface area contributed by atoms with Crippen molar-refractivity contribution in [3.63, 3.8) is 0 Å². The van der Waals surface area contributed by atoms with Gasteiger partial charge in [0.25, 0.3) is 5.91 Å². The van der Waals surface area contributed by atoms with E-state index < -0.39 is 67.2 Å². The molecular weight excluding hydrogens is 410 g/mol. The number of aliphatic hydroxyl groups is 4.